The Bertz CT molecular complexity index is 595. The van der Waals surface area contributed by atoms with Crippen LogP contribution in [0.5, 0.6) is 0 Å². The molecular formula is C15H15NO2. The Morgan fingerprint density at radius 3 is 2.72 bits per heavy atom. The van der Waals surface area contributed by atoms with Crippen LogP contribution in [0.2, 0.25) is 0 Å². The van der Waals surface area contributed by atoms with Gasteiger partial charge in [-0.2, -0.15) is 0 Å². The third-order valence-corrected chi connectivity index (χ3v) is 3.74. The number of Topliss-reactive ketones (excluding diaryl/α,β-unsaturated/α-hetero) is 1. The van der Waals surface area contributed by atoms with E-state index in [0.29, 0.717) is 18.4 Å². The number of hydrogen-bond donors (Lipinski definition) is 1. The SMILES string of the molecule is O=C(c1cccc2ncccc12)C1(O)CCCC1. The quantitative estimate of drug-likeness (QED) is 0.822. The molecule has 1 aliphatic rings. The lowest BCUT2D eigenvalue weighted by atomic mass is 9.89. The van der Waals surface area contributed by atoms with Crippen molar-refractivity contribution in [1.29, 1.82) is 0 Å². The summed E-state index contributed by atoms with van der Waals surface area (Å²) in [6.07, 6.45) is 4.70. The molecule has 1 aromatic carbocycles. The number of nitrogens with zero attached hydrogens (tertiary/aromatic N) is 1. The van der Waals surface area contributed by atoms with E-state index in [0.717, 1.165) is 23.7 Å². The molecule has 0 aliphatic heterocycles. The van der Waals surface area contributed by atoms with Gasteiger partial charge in [-0.1, -0.05) is 18.2 Å². The van der Waals surface area contributed by atoms with Crippen LogP contribution < -0.4 is 0 Å². The van der Waals surface area contributed by atoms with E-state index in [-0.39, 0.29) is 5.78 Å². The lowest BCUT2D eigenvalue weighted by Gasteiger charge is -2.21. The number of ketones is 1. The van der Waals surface area contributed by atoms with E-state index in [4.69, 9.17) is 0 Å². The Balaban J connectivity index is 2.12. The van der Waals surface area contributed by atoms with E-state index in [9.17, 15) is 9.90 Å². The van der Waals surface area contributed by atoms with Crippen LogP contribution in [0.3, 0.4) is 0 Å². The number of hydrogen-bond acceptors (Lipinski definition) is 3. The molecule has 3 nitrogen and oxygen atoms in total. The summed E-state index contributed by atoms with van der Waals surface area (Å²) in [4.78, 5) is 16.7. The predicted octanol–water partition coefficient (Wildman–Crippen LogP) is 2.72. The van der Waals surface area contributed by atoms with Crippen molar-refractivity contribution in [2.24, 2.45) is 0 Å². The highest BCUT2D eigenvalue weighted by Crippen LogP contribution is 2.34. The Kier molecular flexibility index (Phi) is 2.63. The number of carbonyl (C=O) groups excluding carboxylic acids is 1. The minimum Gasteiger partial charge on any atom is -0.382 e. The zero-order valence-electron chi connectivity index (χ0n) is 10.1. The fourth-order valence-electron chi connectivity index (χ4n) is 2.74. The summed E-state index contributed by atoms with van der Waals surface area (Å²) in [7, 11) is 0. The maximum atomic E-state index is 12.5. The molecule has 92 valence electrons. The van der Waals surface area contributed by atoms with Crippen LogP contribution in [0.4, 0.5) is 0 Å². The molecular weight excluding hydrogens is 226 g/mol. The van der Waals surface area contributed by atoms with Crippen molar-refractivity contribution in [3.05, 3.63) is 42.1 Å². The van der Waals surface area contributed by atoms with Gasteiger partial charge in [0.2, 0.25) is 0 Å². The molecule has 0 radical (unpaired) electrons. The number of benzene rings is 1. The second kappa shape index (κ2) is 4.18. The number of pyridine rings is 1. The highest BCUT2D eigenvalue weighted by atomic mass is 16.3. The van der Waals surface area contributed by atoms with Gasteiger partial charge in [-0.05, 0) is 37.8 Å². The zero-order valence-corrected chi connectivity index (χ0v) is 10.1. The van der Waals surface area contributed by atoms with Crippen molar-refractivity contribution in [3.63, 3.8) is 0 Å². The van der Waals surface area contributed by atoms with E-state index in [1.54, 1.807) is 12.3 Å². The highest BCUT2D eigenvalue weighted by molar-refractivity contribution is 6.11. The molecule has 3 rings (SSSR count). The molecule has 0 atom stereocenters. The zero-order chi connectivity index (χ0) is 12.6. The van der Waals surface area contributed by atoms with Crippen molar-refractivity contribution in [3.8, 4) is 0 Å². The van der Waals surface area contributed by atoms with Crippen molar-refractivity contribution in [2.45, 2.75) is 31.3 Å². The van der Waals surface area contributed by atoms with Crippen LogP contribution in [0.25, 0.3) is 10.9 Å². The number of rotatable bonds is 2. The molecule has 2 aromatic rings. The fraction of sp³-hybridized carbons (Fsp3) is 0.333. The summed E-state index contributed by atoms with van der Waals surface area (Å²) in [6.45, 7) is 0. The van der Waals surface area contributed by atoms with E-state index in [1.165, 1.54) is 0 Å². The average Bonchev–Trinajstić information content (AvgIpc) is 2.85. The molecule has 1 saturated carbocycles. The van der Waals surface area contributed by atoms with E-state index in [1.807, 2.05) is 24.3 Å². The number of carbonyl (C=O) groups is 1. The number of aliphatic hydroxyl groups is 1. The Morgan fingerprint density at radius 2 is 1.94 bits per heavy atom. The van der Waals surface area contributed by atoms with Gasteiger partial charge in [-0.15, -0.1) is 0 Å². The van der Waals surface area contributed by atoms with Gasteiger partial charge >= 0.3 is 0 Å². The van der Waals surface area contributed by atoms with Gasteiger partial charge in [-0.3, -0.25) is 9.78 Å². The van der Waals surface area contributed by atoms with Crippen molar-refractivity contribution in [1.82, 2.24) is 4.98 Å². The van der Waals surface area contributed by atoms with E-state index < -0.39 is 5.60 Å². The van der Waals surface area contributed by atoms with E-state index >= 15 is 0 Å². The molecule has 0 bridgehead atoms. The number of fused-ring (bicyclic) bond motifs is 1. The van der Waals surface area contributed by atoms with Crippen LogP contribution in [0, 0.1) is 0 Å². The second-order valence-electron chi connectivity index (χ2n) is 4.94. The summed E-state index contributed by atoms with van der Waals surface area (Å²) in [5.74, 6) is -0.154. The first-order valence-electron chi connectivity index (χ1n) is 6.32. The van der Waals surface area contributed by atoms with Gasteiger partial charge in [-0.25, -0.2) is 0 Å². The minimum absolute atomic E-state index is 0.154. The lowest BCUT2D eigenvalue weighted by molar-refractivity contribution is 0.0355. The minimum atomic E-state index is -1.16. The van der Waals surface area contributed by atoms with Gasteiger partial charge in [0, 0.05) is 17.1 Å². The maximum absolute atomic E-state index is 12.5. The van der Waals surface area contributed by atoms with Gasteiger partial charge in [0.1, 0.15) is 5.60 Å². The van der Waals surface area contributed by atoms with Crippen molar-refractivity contribution < 1.29 is 9.90 Å². The normalized spacial score (nSPS) is 18.1. The van der Waals surface area contributed by atoms with Crippen molar-refractivity contribution in [2.75, 3.05) is 0 Å². The molecule has 1 aromatic heterocycles. The summed E-state index contributed by atoms with van der Waals surface area (Å²) in [5, 5.41) is 11.2. The van der Waals surface area contributed by atoms with Gasteiger partial charge in [0.05, 0.1) is 5.52 Å². The molecule has 0 unspecified atom stereocenters. The van der Waals surface area contributed by atoms with Crippen LogP contribution in [0.1, 0.15) is 36.0 Å². The summed E-state index contributed by atoms with van der Waals surface area (Å²) in [6, 6.07) is 9.18. The largest absolute Gasteiger partial charge is 0.382 e. The molecule has 1 fully saturated rings. The van der Waals surface area contributed by atoms with Gasteiger partial charge in [0.15, 0.2) is 5.78 Å². The Hall–Kier alpha value is -1.74. The summed E-state index contributed by atoms with van der Waals surface area (Å²) >= 11 is 0. The molecule has 3 heteroatoms. The molecule has 0 amide bonds. The molecule has 0 saturated heterocycles. The monoisotopic (exact) mass is 241 g/mol. The first kappa shape index (κ1) is 11.4. The standard InChI is InChI=1S/C15H15NO2/c17-14(15(18)8-1-2-9-15)12-5-3-7-13-11(12)6-4-10-16-13/h3-7,10,18H,1-2,8-9H2. The molecule has 0 spiro atoms. The van der Waals surface area contributed by atoms with Gasteiger partial charge in [0.25, 0.3) is 0 Å². The summed E-state index contributed by atoms with van der Waals surface area (Å²) < 4.78 is 0. The molecule has 1 heterocycles. The average molecular weight is 241 g/mol. The van der Waals surface area contributed by atoms with Crippen LogP contribution in [-0.2, 0) is 0 Å². The molecule has 18 heavy (non-hydrogen) atoms. The summed E-state index contributed by atoms with van der Waals surface area (Å²) in [5.41, 5.74) is 0.222. The third kappa shape index (κ3) is 1.71. The first-order chi connectivity index (χ1) is 8.71. The van der Waals surface area contributed by atoms with Crippen molar-refractivity contribution >= 4 is 16.7 Å². The predicted molar refractivity (Wildman–Crippen MR) is 69.5 cm³/mol. The second-order valence-corrected chi connectivity index (χ2v) is 4.94. The van der Waals surface area contributed by atoms with E-state index in [2.05, 4.69) is 4.98 Å². The smallest absolute Gasteiger partial charge is 0.195 e. The Labute approximate surface area is 105 Å². The molecule has 1 aliphatic carbocycles. The third-order valence-electron chi connectivity index (χ3n) is 3.74. The van der Waals surface area contributed by atoms with Crippen LogP contribution in [0.15, 0.2) is 36.5 Å². The maximum Gasteiger partial charge on any atom is 0.195 e. The Morgan fingerprint density at radius 1 is 1.17 bits per heavy atom. The lowest BCUT2D eigenvalue weighted by Crippen LogP contribution is -2.35. The van der Waals surface area contributed by atoms with Gasteiger partial charge < -0.3 is 5.11 Å². The molecule has 1 N–H and O–H groups in total. The number of aromatic nitrogens is 1. The highest BCUT2D eigenvalue weighted by Gasteiger charge is 2.39. The van der Waals surface area contributed by atoms with Crippen LogP contribution >= 0.6 is 0 Å². The fourth-order valence-corrected chi connectivity index (χ4v) is 2.74. The first-order valence-corrected chi connectivity index (χ1v) is 6.32. The topological polar surface area (TPSA) is 50.2 Å². The van der Waals surface area contributed by atoms with Crippen LogP contribution in [-0.4, -0.2) is 21.5 Å².